The van der Waals surface area contributed by atoms with Gasteiger partial charge in [-0.1, -0.05) is 60.7 Å². The summed E-state index contributed by atoms with van der Waals surface area (Å²) in [5, 5.41) is 0.733. The van der Waals surface area contributed by atoms with Crippen LogP contribution in [-0.2, 0) is 13.0 Å². The summed E-state index contributed by atoms with van der Waals surface area (Å²) in [5.41, 5.74) is 5.00. The fraction of sp³-hybridized carbons (Fsp3) is 0.200. The molecule has 4 rings (SSSR count). The molecule has 0 saturated heterocycles. The molecule has 4 aromatic rings. The minimum absolute atomic E-state index is 0.0405. The maximum Gasteiger partial charge on any atom is 0.260 e. The second kappa shape index (κ2) is 8.67. The Balaban J connectivity index is 1.75. The van der Waals surface area contributed by atoms with E-state index in [0.717, 1.165) is 33.0 Å². The van der Waals surface area contributed by atoms with Gasteiger partial charge >= 0.3 is 0 Å². The fourth-order valence-corrected chi connectivity index (χ4v) is 4.46. The predicted molar refractivity (Wildman–Crippen MR) is 127 cm³/mol. The number of fused-ring (bicyclic) bond motifs is 1. The number of para-hydroxylation sites is 1. The Morgan fingerprint density at radius 1 is 0.933 bits per heavy atom. The molecule has 0 saturated carbocycles. The Morgan fingerprint density at radius 3 is 2.33 bits per heavy atom. The molecule has 0 N–H and O–H groups in total. The van der Waals surface area contributed by atoms with E-state index in [9.17, 15) is 4.79 Å². The first-order valence-corrected chi connectivity index (χ1v) is 10.9. The van der Waals surface area contributed by atoms with Gasteiger partial charge in [-0.15, -0.1) is 0 Å². The van der Waals surface area contributed by atoms with Gasteiger partial charge in [0.25, 0.3) is 5.91 Å². The Bertz CT molecular complexity index is 1150. The summed E-state index contributed by atoms with van der Waals surface area (Å²) in [6.45, 7) is 2.61. The van der Waals surface area contributed by atoms with Crippen molar-refractivity contribution < 1.29 is 4.79 Å². The monoisotopic (exact) mass is 415 g/mol. The number of aromatic nitrogens is 1. The lowest BCUT2D eigenvalue weighted by Gasteiger charge is -2.21. The van der Waals surface area contributed by atoms with E-state index < -0.39 is 0 Å². The summed E-state index contributed by atoms with van der Waals surface area (Å²) in [6.07, 6.45) is 0.916. The molecule has 4 nitrogen and oxygen atoms in total. The lowest BCUT2D eigenvalue weighted by molar-refractivity contribution is 0.0985. The molecule has 0 spiro atoms. The van der Waals surface area contributed by atoms with E-state index in [0.29, 0.717) is 12.1 Å². The van der Waals surface area contributed by atoms with Crippen LogP contribution in [0.4, 0.5) is 10.8 Å². The van der Waals surface area contributed by atoms with Gasteiger partial charge in [-0.05, 0) is 47.9 Å². The maximum atomic E-state index is 13.5. The summed E-state index contributed by atoms with van der Waals surface area (Å²) in [4.78, 5) is 22.2. The molecule has 0 fully saturated rings. The maximum absolute atomic E-state index is 13.5. The Labute approximate surface area is 181 Å². The Hall–Kier alpha value is -3.18. The molecule has 0 aliphatic carbocycles. The van der Waals surface area contributed by atoms with Crippen molar-refractivity contribution in [2.24, 2.45) is 0 Å². The van der Waals surface area contributed by atoms with E-state index >= 15 is 0 Å². The number of hydrogen-bond acceptors (Lipinski definition) is 4. The largest absolute Gasteiger partial charge is 0.378 e. The van der Waals surface area contributed by atoms with Crippen molar-refractivity contribution in [2.75, 3.05) is 23.9 Å². The number of nitrogens with zero attached hydrogens (tertiary/aromatic N) is 3. The highest BCUT2D eigenvalue weighted by molar-refractivity contribution is 7.22. The quantitative estimate of drug-likeness (QED) is 0.401. The molecule has 1 heterocycles. The van der Waals surface area contributed by atoms with Crippen molar-refractivity contribution in [3.8, 4) is 0 Å². The fourth-order valence-electron chi connectivity index (χ4n) is 3.44. The first kappa shape index (κ1) is 20.1. The zero-order valence-corrected chi connectivity index (χ0v) is 18.3. The summed E-state index contributed by atoms with van der Waals surface area (Å²) in [7, 11) is 3.98. The SMILES string of the molecule is CCc1cccc2sc(N(Cc3ccccc3)C(=O)c3ccc(N(C)C)cc3)nc12. The predicted octanol–water partition coefficient (Wildman–Crippen LogP) is 5.77. The molecular weight excluding hydrogens is 390 g/mol. The van der Waals surface area contributed by atoms with E-state index in [1.807, 2.05) is 73.6 Å². The van der Waals surface area contributed by atoms with Crippen LogP contribution in [0.3, 0.4) is 0 Å². The topological polar surface area (TPSA) is 36.4 Å². The van der Waals surface area contributed by atoms with E-state index in [1.54, 1.807) is 16.2 Å². The van der Waals surface area contributed by atoms with Crippen LogP contribution in [-0.4, -0.2) is 25.0 Å². The lowest BCUT2D eigenvalue weighted by Crippen LogP contribution is -2.30. The normalized spacial score (nSPS) is 10.9. The lowest BCUT2D eigenvalue weighted by atomic mass is 10.1. The molecule has 0 bridgehead atoms. The third-order valence-corrected chi connectivity index (χ3v) is 6.21. The van der Waals surface area contributed by atoms with E-state index in [4.69, 9.17) is 4.98 Å². The van der Waals surface area contributed by atoms with Crippen LogP contribution >= 0.6 is 11.3 Å². The second-order valence-corrected chi connectivity index (χ2v) is 8.44. The number of thiazole rings is 1. The molecule has 0 aliphatic heterocycles. The molecule has 1 amide bonds. The molecule has 1 aromatic heterocycles. The zero-order valence-electron chi connectivity index (χ0n) is 17.5. The number of aryl methyl sites for hydroxylation is 1. The number of carbonyl (C=O) groups excluding carboxylic acids is 1. The molecule has 30 heavy (non-hydrogen) atoms. The Morgan fingerprint density at radius 2 is 1.67 bits per heavy atom. The van der Waals surface area contributed by atoms with Gasteiger partial charge in [-0.2, -0.15) is 0 Å². The van der Waals surface area contributed by atoms with Crippen LogP contribution < -0.4 is 9.80 Å². The summed E-state index contributed by atoms with van der Waals surface area (Å²) in [6, 6.07) is 24.0. The highest BCUT2D eigenvalue weighted by atomic mass is 32.1. The van der Waals surface area contributed by atoms with E-state index in [1.165, 1.54) is 5.56 Å². The van der Waals surface area contributed by atoms with Crippen LogP contribution in [0, 0.1) is 0 Å². The number of hydrogen-bond donors (Lipinski definition) is 0. The van der Waals surface area contributed by atoms with E-state index in [2.05, 4.69) is 25.1 Å². The summed E-state index contributed by atoms with van der Waals surface area (Å²) >= 11 is 1.57. The van der Waals surface area contributed by atoms with Gasteiger partial charge in [0, 0.05) is 25.3 Å². The van der Waals surface area contributed by atoms with Crippen LogP contribution in [0.15, 0.2) is 72.8 Å². The van der Waals surface area contributed by atoms with Gasteiger partial charge in [-0.25, -0.2) is 4.98 Å². The number of carbonyl (C=O) groups is 1. The highest BCUT2D eigenvalue weighted by Gasteiger charge is 2.22. The number of amides is 1. The highest BCUT2D eigenvalue weighted by Crippen LogP contribution is 2.33. The first-order valence-electron chi connectivity index (χ1n) is 10.1. The van der Waals surface area contributed by atoms with Crippen molar-refractivity contribution in [2.45, 2.75) is 19.9 Å². The molecule has 0 aliphatic rings. The van der Waals surface area contributed by atoms with Crippen LogP contribution in [0.5, 0.6) is 0 Å². The van der Waals surface area contributed by atoms with Gasteiger partial charge in [-0.3, -0.25) is 9.69 Å². The van der Waals surface area contributed by atoms with Crippen LogP contribution in [0.1, 0.15) is 28.4 Å². The minimum Gasteiger partial charge on any atom is -0.378 e. The Kier molecular flexibility index (Phi) is 5.81. The third kappa shape index (κ3) is 4.07. The minimum atomic E-state index is -0.0405. The molecule has 3 aromatic carbocycles. The molecule has 0 atom stereocenters. The van der Waals surface area contributed by atoms with Crippen LogP contribution in [0.2, 0.25) is 0 Å². The van der Waals surface area contributed by atoms with Crippen molar-refractivity contribution in [1.29, 1.82) is 0 Å². The van der Waals surface area contributed by atoms with Crippen molar-refractivity contribution >= 4 is 38.3 Å². The molecule has 0 radical (unpaired) electrons. The van der Waals surface area contributed by atoms with Gasteiger partial charge < -0.3 is 4.90 Å². The number of benzene rings is 3. The number of rotatable bonds is 6. The summed E-state index contributed by atoms with van der Waals surface area (Å²) in [5.74, 6) is -0.0405. The zero-order chi connectivity index (χ0) is 21.1. The van der Waals surface area contributed by atoms with Crippen molar-refractivity contribution in [3.05, 3.63) is 89.5 Å². The molecule has 5 heteroatoms. The van der Waals surface area contributed by atoms with Crippen LogP contribution in [0.25, 0.3) is 10.2 Å². The van der Waals surface area contributed by atoms with Gasteiger partial charge in [0.15, 0.2) is 5.13 Å². The van der Waals surface area contributed by atoms with Gasteiger partial charge in [0.05, 0.1) is 16.8 Å². The third-order valence-electron chi connectivity index (χ3n) is 5.16. The smallest absolute Gasteiger partial charge is 0.260 e. The molecular formula is C25H25N3OS. The first-order chi connectivity index (χ1) is 14.6. The average molecular weight is 416 g/mol. The van der Waals surface area contributed by atoms with E-state index in [-0.39, 0.29) is 5.91 Å². The molecule has 152 valence electrons. The van der Waals surface area contributed by atoms with Gasteiger partial charge in [0.2, 0.25) is 0 Å². The number of anilines is 2. The summed E-state index contributed by atoms with van der Waals surface area (Å²) < 4.78 is 1.11. The molecule has 0 unspecified atom stereocenters. The van der Waals surface area contributed by atoms with Crippen molar-refractivity contribution in [1.82, 2.24) is 4.98 Å². The average Bonchev–Trinajstić information content (AvgIpc) is 3.22. The standard InChI is InChI=1S/C25H25N3OS/c1-4-19-11-8-12-22-23(19)26-25(30-22)28(17-18-9-6-5-7-10-18)24(29)20-13-15-21(16-14-20)27(2)3/h5-16H,4,17H2,1-3H3. The van der Waals surface area contributed by atoms with Crippen molar-refractivity contribution in [3.63, 3.8) is 0 Å². The second-order valence-electron chi connectivity index (χ2n) is 7.43. The van der Waals surface area contributed by atoms with Gasteiger partial charge in [0.1, 0.15) is 0 Å².